The van der Waals surface area contributed by atoms with Crippen LogP contribution in [0.3, 0.4) is 0 Å². The van der Waals surface area contributed by atoms with Crippen molar-refractivity contribution in [1.82, 2.24) is 19.8 Å². The molecule has 1 aromatic carbocycles. The highest BCUT2D eigenvalue weighted by atomic mass is 32.2. The molecule has 2 heterocycles. The van der Waals surface area contributed by atoms with Crippen LogP contribution < -0.4 is 15.4 Å². The van der Waals surface area contributed by atoms with Gasteiger partial charge in [0.1, 0.15) is 5.69 Å². The predicted octanol–water partition coefficient (Wildman–Crippen LogP) is 0.334. The molecule has 3 amide bonds. The van der Waals surface area contributed by atoms with E-state index >= 15 is 0 Å². The summed E-state index contributed by atoms with van der Waals surface area (Å²) in [5, 5.41) is 8.93. The number of amides is 3. The summed E-state index contributed by atoms with van der Waals surface area (Å²) in [6.45, 7) is 0.760. The lowest BCUT2D eigenvalue weighted by atomic mass is 9.76. The number of carbonyl (C=O) groups excluding carboxylic acids is 2. The summed E-state index contributed by atoms with van der Waals surface area (Å²) < 4.78 is 28.3. The van der Waals surface area contributed by atoms with Crippen molar-refractivity contribution in [1.29, 1.82) is 0 Å². The van der Waals surface area contributed by atoms with E-state index in [9.17, 15) is 18.0 Å². The molecule has 5 rings (SSSR count). The number of rotatable bonds is 3. The number of aryl methyl sites for hydroxylation is 2. The fourth-order valence-corrected chi connectivity index (χ4v) is 4.65. The lowest BCUT2D eigenvalue weighted by Gasteiger charge is -2.32. The summed E-state index contributed by atoms with van der Waals surface area (Å²) in [4.78, 5) is 24.1. The zero-order valence-electron chi connectivity index (χ0n) is 14.3. The molecule has 0 radical (unpaired) electrons. The van der Waals surface area contributed by atoms with Crippen molar-refractivity contribution < 1.29 is 18.0 Å². The van der Waals surface area contributed by atoms with E-state index in [1.807, 2.05) is 4.72 Å². The number of aromatic nitrogens is 2. The maximum Gasteiger partial charge on any atom is 0.333 e. The smallest absolute Gasteiger partial charge is 0.333 e. The van der Waals surface area contributed by atoms with Gasteiger partial charge in [0.15, 0.2) is 5.03 Å². The monoisotopic (exact) mass is 387 g/mol. The van der Waals surface area contributed by atoms with Crippen molar-refractivity contribution >= 4 is 27.6 Å². The maximum absolute atomic E-state index is 12.5. The van der Waals surface area contributed by atoms with Crippen LogP contribution in [0.1, 0.15) is 32.7 Å². The number of benzene rings is 1. The molecule has 3 N–H and O–H groups in total. The molecule has 10 heteroatoms. The Morgan fingerprint density at radius 3 is 2.41 bits per heavy atom. The third kappa shape index (κ3) is 2.51. The van der Waals surface area contributed by atoms with Gasteiger partial charge in [0.05, 0.1) is 6.54 Å². The zero-order chi connectivity index (χ0) is 18.8. The van der Waals surface area contributed by atoms with Crippen molar-refractivity contribution in [3.05, 3.63) is 40.1 Å². The standard InChI is InChI=1S/C17H17N5O4S/c23-16-13-8-14(20-22(13)6-5-18-16)27(25,26)21-17(24)19-15-11-3-1-9(11)7-10-2-4-12(10)15/h7-8H,1-6H2,(H,18,23)(H2,19,21,24). The van der Waals surface area contributed by atoms with Crippen molar-refractivity contribution in [3.63, 3.8) is 0 Å². The van der Waals surface area contributed by atoms with Gasteiger partial charge in [0, 0.05) is 18.3 Å². The second-order valence-corrected chi connectivity index (χ2v) is 8.56. The van der Waals surface area contributed by atoms with Gasteiger partial charge in [-0.05, 0) is 47.9 Å². The van der Waals surface area contributed by atoms with Gasteiger partial charge in [0.25, 0.3) is 15.9 Å². The van der Waals surface area contributed by atoms with Crippen LogP contribution in [0.2, 0.25) is 0 Å². The van der Waals surface area contributed by atoms with Crippen LogP contribution in [0, 0.1) is 0 Å². The molecule has 2 aromatic rings. The fourth-order valence-electron chi connectivity index (χ4n) is 3.78. The Morgan fingerprint density at radius 2 is 1.81 bits per heavy atom. The van der Waals surface area contributed by atoms with Gasteiger partial charge < -0.3 is 10.6 Å². The van der Waals surface area contributed by atoms with Gasteiger partial charge in [-0.1, -0.05) is 6.07 Å². The van der Waals surface area contributed by atoms with Crippen LogP contribution in [0.5, 0.6) is 0 Å². The summed E-state index contributed by atoms with van der Waals surface area (Å²) in [6, 6.07) is 2.53. The Labute approximate surface area is 155 Å². The summed E-state index contributed by atoms with van der Waals surface area (Å²) in [5.74, 6) is -0.387. The minimum absolute atomic E-state index is 0.160. The number of urea groups is 1. The third-order valence-electron chi connectivity index (χ3n) is 5.36. The first-order valence-electron chi connectivity index (χ1n) is 8.79. The van der Waals surface area contributed by atoms with Gasteiger partial charge in [-0.25, -0.2) is 9.52 Å². The molecule has 0 saturated heterocycles. The van der Waals surface area contributed by atoms with E-state index in [1.54, 1.807) is 0 Å². The Hall–Kier alpha value is -2.88. The number of anilines is 1. The van der Waals surface area contributed by atoms with E-state index < -0.39 is 16.1 Å². The molecule has 0 bridgehead atoms. The van der Waals surface area contributed by atoms with Gasteiger partial charge in [-0.15, -0.1) is 0 Å². The predicted molar refractivity (Wildman–Crippen MR) is 95.2 cm³/mol. The summed E-state index contributed by atoms with van der Waals surface area (Å²) in [7, 11) is -4.18. The zero-order valence-corrected chi connectivity index (χ0v) is 15.1. The highest BCUT2D eigenvalue weighted by Gasteiger charge is 2.30. The first-order valence-corrected chi connectivity index (χ1v) is 10.3. The molecule has 0 saturated carbocycles. The van der Waals surface area contributed by atoms with Crippen LogP contribution in [-0.2, 0) is 42.3 Å². The third-order valence-corrected chi connectivity index (χ3v) is 6.56. The quantitative estimate of drug-likeness (QED) is 0.701. The molecule has 0 atom stereocenters. The van der Waals surface area contributed by atoms with Gasteiger partial charge in [-0.3, -0.25) is 9.48 Å². The molecule has 0 fully saturated rings. The lowest BCUT2D eigenvalue weighted by Crippen LogP contribution is -2.36. The molecule has 3 aliphatic rings. The molecule has 9 nitrogen and oxygen atoms in total. The van der Waals surface area contributed by atoms with Gasteiger partial charge in [0.2, 0.25) is 0 Å². The number of nitrogens with one attached hydrogen (secondary N) is 3. The molecule has 1 aliphatic heterocycles. The van der Waals surface area contributed by atoms with E-state index in [1.165, 1.54) is 21.9 Å². The molecule has 2 aliphatic carbocycles. The lowest BCUT2D eigenvalue weighted by molar-refractivity contribution is 0.0924. The van der Waals surface area contributed by atoms with E-state index in [2.05, 4.69) is 21.8 Å². The second kappa shape index (κ2) is 5.56. The van der Waals surface area contributed by atoms with Crippen molar-refractivity contribution in [2.75, 3.05) is 11.9 Å². The van der Waals surface area contributed by atoms with Crippen molar-refractivity contribution in [2.45, 2.75) is 37.3 Å². The number of nitrogens with zero attached hydrogens (tertiary/aromatic N) is 2. The van der Waals surface area contributed by atoms with Gasteiger partial charge >= 0.3 is 6.03 Å². The summed E-state index contributed by atoms with van der Waals surface area (Å²) >= 11 is 0. The Morgan fingerprint density at radius 1 is 1.11 bits per heavy atom. The van der Waals surface area contributed by atoms with E-state index in [0.29, 0.717) is 13.1 Å². The van der Waals surface area contributed by atoms with Crippen LogP contribution in [0.25, 0.3) is 0 Å². The molecular formula is C17H17N5O4S. The molecule has 27 heavy (non-hydrogen) atoms. The second-order valence-electron chi connectivity index (χ2n) is 6.93. The first-order chi connectivity index (χ1) is 12.9. The number of fused-ring (bicyclic) bond motifs is 3. The largest absolute Gasteiger partial charge is 0.349 e. The topological polar surface area (TPSA) is 122 Å². The van der Waals surface area contributed by atoms with Gasteiger partial charge in [-0.2, -0.15) is 13.5 Å². The van der Waals surface area contributed by atoms with Crippen LogP contribution >= 0.6 is 0 Å². The van der Waals surface area contributed by atoms with Crippen molar-refractivity contribution in [3.8, 4) is 0 Å². The van der Waals surface area contributed by atoms with E-state index in [-0.39, 0.29) is 16.6 Å². The number of sulfonamides is 1. The fraction of sp³-hybridized carbons (Fsp3) is 0.353. The Balaban J connectivity index is 1.38. The minimum atomic E-state index is -4.18. The highest BCUT2D eigenvalue weighted by Crippen LogP contribution is 2.40. The maximum atomic E-state index is 12.5. The van der Waals surface area contributed by atoms with Crippen molar-refractivity contribution in [2.24, 2.45) is 0 Å². The molecule has 0 unspecified atom stereocenters. The van der Waals surface area contributed by atoms with E-state index in [4.69, 9.17) is 0 Å². The van der Waals surface area contributed by atoms with Crippen LogP contribution in [0.4, 0.5) is 10.5 Å². The minimum Gasteiger partial charge on any atom is -0.349 e. The summed E-state index contributed by atoms with van der Waals surface area (Å²) in [6.07, 6.45) is 3.74. The van der Waals surface area contributed by atoms with Crippen LogP contribution in [-0.4, -0.2) is 36.7 Å². The normalized spacial score (nSPS) is 16.8. The number of hydrogen-bond donors (Lipinski definition) is 3. The molecule has 1 aromatic heterocycles. The first kappa shape index (κ1) is 16.3. The number of hydrogen-bond acceptors (Lipinski definition) is 5. The Kier molecular flexibility index (Phi) is 3.36. The number of carbonyl (C=O) groups is 2. The molecular weight excluding hydrogens is 370 g/mol. The SMILES string of the molecule is O=C(Nc1c2c(cc3c1CC3)CC2)NS(=O)(=O)c1cc2n(n1)CCNC2=O. The van der Waals surface area contributed by atoms with E-state index in [0.717, 1.165) is 42.5 Å². The summed E-state index contributed by atoms with van der Waals surface area (Å²) in [5.41, 5.74) is 5.54. The average Bonchev–Trinajstić information content (AvgIpc) is 2.98. The highest BCUT2D eigenvalue weighted by molar-refractivity contribution is 7.90. The Bertz CT molecular complexity index is 1090. The molecule has 0 spiro atoms. The molecule has 140 valence electrons. The average molecular weight is 387 g/mol. The van der Waals surface area contributed by atoms with Crippen LogP contribution in [0.15, 0.2) is 17.2 Å².